The fourth-order valence-corrected chi connectivity index (χ4v) is 1.87. The van der Waals surface area contributed by atoms with E-state index in [0.717, 1.165) is 4.73 Å². The summed E-state index contributed by atoms with van der Waals surface area (Å²) in [6, 6.07) is 9.33. The van der Waals surface area contributed by atoms with Gasteiger partial charge in [0.1, 0.15) is 5.75 Å². The summed E-state index contributed by atoms with van der Waals surface area (Å²) in [4.78, 5) is 27.6. The summed E-state index contributed by atoms with van der Waals surface area (Å²) in [5.74, 6) is -0.384. The molecule has 1 aromatic carbocycles. The summed E-state index contributed by atoms with van der Waals surface area (Å²) < 4.78 is 6.17. The molecule has 0 radical (unpaired) electrons. The number of ketones is 1. The highest BCUT2D eigenvalue weighted by Gasteiger charge is 2.14. The number of carbonyl (C=O) groups is 2. The van der Waals surface area contributed by atoms with Gasteiger partial charge in [0.25, 0.3) is 5.91 Å². The van der Waals surface area contributed by atoms with Gasteiger partial charge in [-0.05, 0) is 38.1 Å². The SMILES string of the molecule is CCOc1cc(C(C)=O)ccc1C(=O)N=c1ccccn1O. The van der Waals surface area contributed by atoms with Crippen molar-refractivity contribution < 1.29 is 19.5 Å². The van der Waals surface area contributed by atoms with Gasteiger partial charge in [0, 0.05) is 11.8 Å². The van der Waals surface area contributed by atoms with Crippen LogP contribution in [0.3, 0.4) is 0 Å². The van der Waals surface area contributed by atoms with E-state index in [0.29, 0.717) is 17.9 Å². The number of nitrogens with zero attached hydrogens (tertiary/aromatic N) is 2. The predicted octanol–water partition coefficient (Wildman–Crippen LogP) is 2.07. The minimum atomic E-state index is -0.562. The highest BCUT2D eigenvalue weighted by atomic mass is 16.5. The molecule has 0 aliphatic rings. The number of aromatic nitrogens is 1. The topological polar surface area (TPSA) is 80.9 Å². The number of hydrogen-bond donors (Lipinski definition) is 1. The van der Waals surface area contributed by atoms with Crippen LogP contribution in [0.25, 0.3) is 0 Å². The van der Waals surface area contributed by atoms with Gasteiger partial charge in [-0.25, -0.2) is 0 Å². The molecule has 0 bridgehead atoms. The highest BCUT2D eigenvalue weighted by molar-refractivity contribution is 6.00. The summed E-state index contributed by atoms with van der Waals surface area (Å²) in [5.41, 5.74) is 0.790. The van der Waals surface area contributed by atoms with Crippen LogP contribution < -0.4 is 10.2 Å². The van der Waals surface area contributed by atoms with E-state index in [1.54, 1.807) is 25.1 Å². The highest BCUT2D eigenvalue weighted by Crippen LogP contribution is 2.22. The van der Waals surface area contributed by atoms with E-state index in [4.69, 9.17) is 4.74 Å². The van der Waals surface area contributed by atoms with Gasteiger partial charge < -0.3 is 9.94 Å². The molecule has 1 aromatic heterocycles. The summed E-state index contributed by atoms with van der Waals surface area (Å²) in [6.07, 6.45) is 1.37. The molecule has 2 aromatic rings. The van der Waals surface area contributed by atoms with E-state index in [9.17, 15) is 14.8 Å². The number of amides is 1. The first-order chi connectivity index (χ1) is 10.5. The van der Waals surface area contributed by atoms with E-state index in [1.807, 2.05) is 0 Å². The Bertz CT molecular complexity index is 778. The van der Waals surface area contributed by atoms with Gasteiger partial charge in [-0.15, -0.1) is 0 Å². The maximum atomic E-state index is 12.3. The van der Waals surface area contributed by atoms with Crippen molar-refractivity contribution in [3.8, 4) is 5.75 Å². The van der Waals surface area contributed by atoms with Gasteiger partial charge in [-0.3, -0.25) is 9.59 Å². The second-order valence-electron chi connectivity index (χ2n) is 4.52. The fourth-order valence-electron chi connectivity index (χ4n) is 1.87. The van der Waals surface area contributed by atoms with E-state index >= 15 is 0 Å². The Hall–Kier alpha value is -2.89. The van der Waals surface area contributed by atoms with Gasteiger partial charge in [0.05, 0.1) is 12.2 Å². The van der Waals surface area contributed by atoms with Crippen LogP contribution in [0.15, 0.2) is 47.6 Å². The molecule has 0 unspecified atom stereocenters. The van der Waals surface area contributed by atoms with Crippen LogP contribution in [0.4, 0.5) is 0 Å². The molecule has 0 aliphatic carbocycles. The quantitative estimate of drug-likeness (QED) is 0.692. The Balaban J connectivity index is 2.47. The Morgan fingerprint density at radius 1 is 1.27 bits per heavy atom. The summed E-state index contributed by atoms with van der Waals surface area (Å²) >= 11 is 0. The third-order valence-electron chi connectivity index (χ3n) is 2.95. The number of hydrogen-bond acceptors (Lipinski definition) is 4. The molecule has 6 nitrogen and oxygen atoms in total. The largest absolute Gasteiger partial charge is 0.493 e. The van der Waals surface area contributed by atoms with Gasteiger partial charge in [-0.1, -0.05) is 12.1 Å². The zero-order valence-corrected chi connectivity index (χ0v) is 12.3. The molecule has 0 saturated heterocycles. The Morgan fingerprint density at radius 3 is 2.68 bits per heavy atom. The Morgan fingerprint density at radius 2 is 2.05 bits per heavy atom. The van der Waals surface area contributed by atoms with Crippen LogP contribution in [-0.4, -0.2) is 28.2 Å². The van der Waals surface area contributed by atoms with E-state index in [1.165, 1.54) is 31.3 Å². The molecular formula is C16H16N2O4. The lowest BCUT2D eigenvalue weighted by atomic mass is 10.1. The van der Waals surface area contributed by atoms with Crippen molar-refractivity contribution in [3.63, 3.8) is 0 Å². The van der Waals surface area contributed by atoms with Crippen LogP contribution in [-0.2, 0) is 0 Å². The second-order valence-corrected chi connectivity index (χ2v) is 4.52. The number of pyridine rings is 1. The zero-order chi connectivity index (χ0) is 16.1. The van der Waals surface area contributed by atoms with Crippen molar-refractivity contribution in [3.05, 3.63) is 59.2 Å². The van der Waals surface area contributed by atoms with Crippen molar-refractivity contribution in [2.24, 2.45) is 4.99 Å². The number of carbonyl (C=O) groups excluding carboxylic acids is 2. The summed E-state index contributed by atoms with van der Waals surface area (Å²) in [5, 5.41) is 9.59. The minimum Gasteiger partial charge on any atom is -0.493 e. The van der Waals surface area contributed by atoms with Gasteiger partial charge >= 0.3 is 0 Å². The molecule has 2 rings (SSSR count). The average molecular weight is 300 g/mol. The lowest BCUT2D eigenvalue weighted by Crippen LogP contribution is -2.19. The Kier molecular flexibility index (Phi) is 4.73. The molecule has 0 spiro atoms. The molecule has 1 N–H and O–H groups in total. The predicted molar refractivity (Wildman–Crippen MR) is 79.1 cm³/mol. The smallest absolute Gasteiger partial charge is 0.282 e. The lowest BCUT2D eigenvalue weighted by Gasteiger charge is -2.09. The summed E-state index contributed by atoms with van der Waals surface area (Å²) in [7, 11) is 0. The van der Waals surface area contributed by atoms with Crippen LogP contribution in [0.2, 0.25) is 0 Å². The van der Waals surface area contributed by atoms with Crippen molar-refractivity contribution in [1.82, 2.24) is 4.73 Å². The first kappa shape index (κ1) is 15.5. The molecule has 0 aliphatic heterocycles. The molecular weight excluding hydrogens is 284 g/mol. The lowest BCUT2D eigenvalue weighted by molar-refractivity contribution is 0.0979. The maximum absolute atomic E-state index is 12.3. The number of rotatable bonds is 4. The monoisotopic (exact) mass is 300 g/mol. The van der Waals surface area contributed by atoms with Crippen LogP contribution in [0.5, 0.6) is 5.75 Å². The molecule has 114 valence electrons. The van der Waals surface area contributed by atoms with Crippen molar-refractivity contribution in [1.29, 1.82) is 0 Å². The molecule has 6 heteroatoms. The molecule has 1 heterocycles. The minimum absolute atomic E-state index is 0.102. The normalized spacial score (nSPS) is 11.3. The first-order valence-corrected chi connectivity index (χ1v) is 6.76. The van der Waals surface area contributed by atoms with E-state index in [2.05, 4.69) is 4.99 Å². The van der Waals surface area contributed by atoms with Gasteiger partial charge in [-0.2, -0.15) is 9.72 Å². The second kappa shape index (κ2) is 6.71. The fraction of sp³-hybridized carbons (Fsp3) is 0.188. The maximum Gasteiger partial charge on any atom is 0.282 e. The van der Waals surface area contributed by atoms with Crippen molar-refractivity contribution in [2.75, 3.05) is 6.61 Å². The standard InChI is InChI=1S/C16H16N2O4/c1-3-22-14-10-12(11(2)19)7-8-13(14)16(20)17-15-6-4-5-9-18(15)21/h4-10,21H,3H2,1-2H3. The van der Waals surface area contributed by atoms with E-state index in [-0.39, 0.29) is 16.8 Å². The molecule has 0 saturated carbocycles. The number of ether oxygens (including phenoxy) is 1. The van der Waals surface area contributed by atoms with Crippen LogP contribution >= 0.6 is 0 Å². The molecule has 1 amide bonds. The number of Topliss-reactive ketones (excluding diaryl/α,β-unsaturated/α-hetero) is 1. The third kappa shape index (κ3) is 3.41. The number of benzene rings is 1. The van der Waals surface area contributed by atoms with Gasteiger partial charge in [0.2, 0.25) is 0 Å². The average Bonchev–Trinajstić information content (AvgIpc) is 2.49. The molecule has 0 atom stereocenters. The Labute approximate surface area is 127 Å². The van der Waals surface area contributed by atoms with Crippen LogP contribution in [0.1, 0.15) is 34.6 Å². The third-order valence-corrected chi connectivity index (χ3v) is 2.95. The van der Waals surface area contributed by atoms with Gasteiger partial charge in [0.15, 0.2) is 11.3 Å². The summed E-state index contributed by atoms with van der Waals surface area (Å²) in [6.45, 7) is 3.58. The molecule has 22 heavy (non-hydrogen) atoms. The van der Waals surface area contributed by atoms with E-state index < -0.39 is 5.91 Å². The van der Waals surface area contributed by atoms with Crippen LogP contribution in [0, 0.1) is 0 Å². The zero-order valence-electron chi connectivity index (χ0n) is 12.3. The van der Waals surface area contributed by atoms with Crippen molar-refractivity contribution in [2.45, 2.75) is 13.8 Å². The van der Waals surface area contributed by atoms with Crippen molar-refractivity contribution >= 4 is 11.7 Å². The first-order valence-electron chi connectivity index (χ1n) is 6.76. The molecule has 0 fully saturated rings.